The Bertz CT molecular complexity index is 1410. The average molecular weight is 505 g/mol. The number of aromatic nitrogens is 2. The molecule has 0 saturated carbocycles. The van der Waals surface area contributed by atoms with Gasteiger partial charge in [0.2, 0.25) is 0 Å². The number of rotatable bonds is 6. The number of alkyl halides is 3. The quantitative estimate of drug-likeness (QED) is 0.251. The van der Waals surface area contributed by atoms with Crippen LogP contribution in [0, 0.1) is 0 Å². The number of thiophene rings is 1. The van der Waals surface area contributed by atoms with Gasteiger partial charge in [-0.2, -0.15) is 18.3 Å². The van der Waals surface area contributed by atoms with E-state index in [-0.39, 0.29) is 5.91 Å². The lowest BCUT2D eigenvalue weighted by molar-refractivity contribution is -0.141. The molecule has 1 amide bonds. The third-order valence-electron chi connectivity index (χ3n) is 5.39. The molecular formula is C27H19F3N4OS. The Labute approximate surface area is 209 Å². The van der Waals surface area contributed by atoms with E-state index in [4.69, 9.17) is 0 Å². The largest absolute Gasteiger partial charge is 0.435 e. The van der Waals surface area contributed by atoms with Crippen LogP contribution in [0.2, 0.25) is 0 Å². The van der Waals surface area contributed by atoms with Crippen LogP contribution in [-0.2, 0) is 6.18 Å². The van der Waals surface area contributed by atoms with Gasteiger partial charge >= 0.3 is 6.18 Å². The fourth-order valence-corrected chi connectivity index (χ4v) is 4.40. The van der Waals surface area contributed by atoms with E-state index >= 15 is 0 Å². The monoisotopic (exact) mass is 504 g/mol. The summed E-state index contributed by atoms with van der Waals surface area (Å²) in [6, 6.07) is 29.6. The molecule has 180 valence electrons. The van der Waals surface area contributed by atoms with Gasteiger partial charge in [-0.15, -0.1) is 11.3 Å². The molecule has 0 aliphatic heterocycles. The Kier molecular flexibility index (Phi) is 6.30. The first kappa shape index (κ1) is 23.4. The zero-order valence-electron chi connectivity index (χ0n) is 18.7. The van der Waals surface area contributed by atoms with E-state index in [2.05, 4.69) is 10.5 Å². The van der Waals surface area contributed by atoms with Crippen LogP contribution in [-0.4, -0.2) is 15.7 Å². The first-order valence-corrected chi connectivity index (χ1v) is 11.8. The highest BCUT2D eigenvalue weighted by atomic mass is 32.1. The van der Waals surface area contributed by atoms with Crippen molar-refractivity contribution in [2.75, 3.05) is 5.01 Å². The van der Waals surface area contributed by atoms with Crippen molar-refractivity contribution in [2.24, 2.45) is 0 Å². The molecule has 5 rings (SSSR count). The lowest BCUT2D eigenvalue weighted by atomic mass is 10.2. The zero-order chi connectivity index (χ0) is 25.1. The third kappa shape index (κ3) is 4.87. The number of anilines is 2. The molecule has 36 heavy (non-hydrogen) atoms. The van der Waals surface area contributed by atoms with Gasteiger partial charge in [0.1, 0.15) is 0 Å². The van der Waals surface area contributed by atoms with Gasteiger partial charge in [0.15, 0.2) is 5.69 Å². The van der Waals surface area contributed by atoms with Crippen molar-refractivity contribution in [1.82, 2.24) is 15.2 Å². The van der Waals surface area contributed by atoms with Gasteiger partial charge in [0.25, 0.3) is 5.91 Å². The van der Waals surface area contributed by atoms with Crippen LogP contribution in [0.3, 0.4) is 0 Å². The molecular weight excluding hydrogens is 485 g/mol. The average Bonchev–Trinajstić information content (AvgIpc) is 3.58. The summed E-state index contributed by atoms with van der Waals surface area (Å²) in [5.74, 6) is -0.371. The maximum Gasteiger partial charge on any atom is 0.435 e. The van der Waals surface area contributed by atoms with Crippen molar-refractivity contribution in [3.8, 4) is 16.3 Å². The summed E-state index contributed by atoms with van der Waals surface area (Å²) in [4.78, 5) is 13.8. The highest BCUT2D eigenvalue weighted by molar-refractivity contribution is 7.13. The van der Waals surface area contributed by atoms with Crippen molar-refractivity contribution in [3.63, 3.8) is 0 Å². The number of hydrogen-bond donors (Lipinski definition) is 1. The molecule has 0 spiro atoms. The molecule has 9 heteroatoms. The Morgan fingerprint density at radius 1 is 0.833 bits per heavy atom. The smallest absolute Gasteiger partial charge is 0.267 e. The highest BCUT2D eigenvalue weighted by Gasteiger charge is 2.35. The number of nitrogens with zero attached hydrogens (tertiary/aromatic N) is 3. The summed E-state index contributed by atoms with van der Waals surface area (Å²) in [5, 5.41) is 7.26. The number of nitrogens with one attached hydrogen (secondary N) is 1. The number of amides is 1. The number of para-hydroxylation sites is 2. The predicted octanol–water partition coefficient (Wildman–Crippen LogP) is 7.10. The second-order valence-corrected chi connectivity index (χ2v) is 8.74. The molecule has 5 aromatic rings. The standard InChI is InChI=1S/C27H19F3N4OS/c28-27(29,30)25-18-23(24-12-7-17-36-24)34(31-25)22-15-13-19(14-16-22)26(35)32-33(20-8-3-1-4-9-20)21-10-5-2-6-11-21/h1-18H,(H,32,35). The Morgan fingerprint density at radius 3 is 1.97 bits per heavy atom. The SMILES string of the molecule is O=C(NN(c1ccccc1)c1ccccc1)c1ccc(-n2nc(C(F)(F)F)cc2-c2cccs2)cc1. The lowest BCUT2D eigenvalue weighted by Crippen LogP contribution is -2.38. The minimum Gasteiger partial charge on any atom is -0.267 e. The maximum absolute atomic E-state index is 13.4. The van der Waals surface area contributed by atoms with Gasteiger partial charge < -0.3 is 0 Å². The summed E-state index contributed by atoms with van der Waals surface area (Å²) in [6.07, 6.45) is -4.57. The Balaban J connectivity index is 1.44. The molecule has 0 bridgehead atoms. The summed E-state index contributed by atoms with van der Waals surface area (Å²) < 4.78 is 41.4. The first-order valence-electron chi connectivity index (χ1n) is 10.9. The van der Waals surface area contributed by atoms with Crippen LogP contribution in [0.1, 0.15) is 16.1 Å². The lowest BCUT2D eigenvalue weighted by Gasteiger charge is -2.25. The van der Waals surface area contributed by atoms with Crippen molar-refractivity contribution in [1.29, 1.82) is 0 Å². The van der Waals surface area contributed by atoms with E-state index in [1.54, 1.807) is 46.8 Å². The van der Waals surface area contributed by atoms with Crippen molar-refractivity contribution in [2.45, 2.75) is 6.18 Å². The van der Waals surface area contributed by atoms with Crippen LogP contribution in [0.5, 0.6) is 0 Å². The molecule has 0 saturated heterocycles. The van der Waals surface area contributed by atoms with E-state index in [1.165, 1.54) is 16.0 Å². The number of hydrazine groups is 1. The molecule has 0 fully saturated rings. The van der Waals surface area contributed by atoms with E-state index in [9.17, 15) is 18.0 Å². The predicted molar refractivity (Wildman–Crippen MR) is 134 cm³/mol. The van der Waals surface area contributed by atoms with Gasteiger partial charge in [-0.05, 0) is 66.0 Å². The number of benzene rings is 3. The maximum atomic E-state index is 13.4. The van der Waals surface area contributed by atoms with Gasteiger partial charge in [-0.1, -0.05) is 42.5 Å². The summed E-state index contributed by atoms with van der Waals surface area (Å²) in [5.41, 5.74) is 4.55. The topological polar surface area (TPSA) is 50.2 Å². The number of hydrogen-bond acceptors (Lipinski definition) is 4. The van der Waals surface area contributed by atoms with E-state index in [0.717, 1.165) is 17.4 Å². The fourth-order valence-electron chi connectivity index (χ4n) is 3.67. The molecule has 0 unspecified atom stereocenters. The number of halogens is 3. The van der Waals surface area contributed by atoms with Crippen molar-refractivity contribution < 1.29 is 18.0 Å². The van der Waals surface area contributed by atoms with Crippen LogP contribution in [0.25, 0.3) is 16.3 Å². The molecule has 3 aromatic carbocycles. The number of carbonyl (C=O) groups is 1. The second-order valence-electron chi connectivity index (χ2n) is 7.80. The minimum atomic E-state index is -4.57. The van der Waals surface area contributed by atoms with Crippen LogP contribution < -0.4 is 10.4 Å². The molecule has 0 aliphatic carbocycles. The fraction of sp³-hybridized carbons (Fsp3) is 0.0370. The van der Waals surface area contributed by atoms with Crippen LogP contribution in [0.15, 0.2) is 109 Å². The van der Waals surface area contributed by atoms with E-state index < -0.39 is 11.9 Å². The minimum absolute atomic E-state index is 0.328. The highest BCUT2D eigenvalue weighted by Crippen LogP contribution is 2.34. The van der Waals surface area contributed by atoms with Crippen molar-refractivity contribution in [3.05, 3.63) is 120 Å². The molecule has 0 aliphatic rings. The van der Waals surface area contributed by atoms with Crippen LogP contribution in [0.4, 0.5) is 24.5 Å². The summed E-state index contributed by atoms with van der Waals surface area (Å²) >= 11 is 1.32. The Hall–Kier alpha value is -4.37. The molecule has 0 radical (unpaired) electrons. The van der Waals surface area contributed by atoms with Gasteiger partial charge in [-0.25, -0.2) is 4.68 Å². The third-order valence-corrected chi connectivity index (χ3v) is 6.28. The Morgan fingerprint density at radius 2 is 1.44 bits per heavy atom. The molecule has 1 N–H and O–H groups in total. The second kappa shape index (κ2) is 9.71. The van der Waals surface area contributed by atoms with Gasteiger partial charge in [0.05, 0.1) is 27.6 Å². The molecule has 5 nitrogen and oxygen atoms in total. The summed E-state index contributed by atoms with van der Waals surface area (Å²) in [7, 11) is 0. The van der Waals surface area contributed by atoms with Gasteiger partial charge in [0, 0.05) is 5.56 Å². The molecule has 2 heterocycles. The normalized spacial score (nSPS) is 11.3. The number of carbonyl (C=O) groups excluding carboxylic acids is 1. The van der Waals surface area contributed by atoms with Gasteiger partial charge in [-0.3, -0.25) is 15.2 Å². The first-order chi connectivity index (χ1) is 17.4. The van der Waals surface area contributed by atoms with E-state index in [0.29, 0.717) is 21.8 Å². The summed E-state index contributed by atoms with van der Waals surface area (Å²) in [6.45, 7) is 0. The van der Waals surface area contributed by atoms with Crippen molar-refractivity contribution >= 4 is 28.6 Å². The molecule has 0 atom stereocenters. The van der Waals surface area contributed by atoms with Crippen LogP contribution >= 0.6 is 11.3 Å². The van der Waals surface area contributed by atoms with E-state index in [1.807, 2.05) is 60.7 Å². The zero-order valence-corrected chi connectivity index (χ0v) is 19.5. The molecule has 2 aromatic heterocycles.